The number of carbonyl (C=O) groups excluding carboxylic acids is 1. The summed E-state index contributed by atoms with van der Waals surface area (Å²) in [6.07, 6.45) is 0.801. The predicted molar refractivity (Wildman–Crippen MR) is 76.1 cm³/mol. The first-order valence-corrected chi connectivity index (χ1v) is 6.82. The lowest BCUT2D eigenvalue weighted by molar-refractivity contribution is -0.136. The highest BCUT2D eigenvalue weighted by Crippen LogP contribution is 2.00. The summed E-state index contributed by atoms with van der Waals surface area (Å²) in [5.41, 5.74) is 2.47. The van der Waals surface area contributed by atoms with E-state index in [1.807, 2.05) is 0 Å². The zero-order valence-corrected chi connectivity index (χ0v) is 12.2. The van der Waals surface area contributed by atoms with Gasteiger partial charge < -0.3 is 19.7 Å². The van der Waals surface area contributed by atoms with E-state index in [2.05, 4.69) is 15.7 Å². The van der Waals surface area contributed by atoms with Crippen molar-refractivity contribution in [1.29, 1.82) is 0 Å². The Balaban J connectivity index is 2.40. The summed E-state index contributed by atoms with van der Waals surface area (Å²) in [6.45, 7) is 5.45. The second-order valence-electron chi connectivity index (χ2n) is 4.52. The molecule has 0 bridgehead atoms. The molecule has 1 fully saturated rings. The molecule has 8 heteroatoms. The van der Waals surface area contributed by atoms with Crippen molar-refractivity contribution in [3.8, 4) is 0 Å². The average molecular weight is 287 g/mol. The van der Waals surface area contributed by atoms with Gasteiger partial charge in [0, 0.05) is 33.4 Å². The van der Waals surface area contributed by atoms with E-state index in [1.165, 1.54) is 0 Å². The van der Waals surface area contributed by atoms with Crippen LogP contribution in [0.1, 0.15) is 13.3 Å². The molecule has 1 saturated heterocycles. The van der Waals surface area contributed by atoms with Crippen LogP contribution in [0.25, 0.3) is 0 Å². The third kappa shape index (κ3) is 5.72. The number of rotatable bonds is 6. The molecular formula is C12H25N5O3. The van der Waals surface area contributed by atoms with Crippen LogP contribution in [0.5, 0.6) is 0 Å². The monoisotopic (exact) mass is 287 g/mol. The summed E-state index contributed by atoms with van der Waals surface area (Å²) in [5.74, 6) is 5.83. The zero-order valence-electron chi connectivity index (χ0n) is 12.2. The SMILES string of the molecule is COCCCN=C(NN)NC(C)C(=O)N1CCOCC1. The van der Waals surface area contributed by atoms with Crippen molar-refractivity contribution >= 4 is 11.9 Å². The molecule has 8 nitrogen and oxygen atoms in total. The molecule has 0 saturated carbocycles. The van der Waals surface area contributed by atoms with Crippen molar-refractivity contribution in [2.45, 2.75) is 19.4 Å². The first-order chi connectivity index (χ1) is 9.69. The van der Waals surface area contributed by atoms with Crippen LogP contribution in [0.3, 0.4) is 0 Å². The summed E-state index contributed by atoms with van der Waals surface area (Å²) in [5, 5.41) is 2.98. The van der Waals surface area contributed by atoms with Crippen molar-refractivity contribution < 1.29 is 14.3 Å². The minimum Gasteiger partial charge on any atom is -0.385 e. The fraction of sp³-hybridized carbons (Fsp3) is 0.833. The van der Waals surface area contributed by atoms with Crippen molar-refractivity contribution in [3.63, 3.8) is 0 Å². The number of nitrogens with zero attached hydrogens (tertiary/aromatic N) is 2. The van der Waals surface area contributed by atoms with Gasteiger partial charge in [-0.3, -0.25) is 15.2 Å². The van der Waals surface area contributed by atoms with Crippen molar-refractivity contribution in [2.24, 2.45) is 10.8 Å². The number of guanidine groups is 1. The third-order valence-corrected chi connectivity index (χ3v) is 2.96. The summed E-state index contributed by atoms with van der Waals surface area (Å²) in [6, 6.07) is -0.384. The maximum absolute atomic E-state index is 12.2. The Labute approximate surface area is 119 Å². The number of hydrogen-bond donors (Lipinski definition) is 3. The highest BCUT2D eigenvalue weighted by atomic mass is 16.5. The van der Waals surface area contributed by atoms with Crippen LogP contribution in [-0.2, 0) is 14.3 Å². The molecule has 1 rings (SSSR count). The van der Waals surface area contributed by atoms with E-state index in [-0.39, 0.29) is 11.9 Å². The molecular weight excluding hydrogens is 262 g/mol. The van der Waals surface area contributed by atoms with Crippen LogP contribution >= 0.6 is 0 Å². The molecule has 20 heavy (non-hydrogen) atoms. The van der Waals surface area contributed by atoms with E-state index in [0.717, 1.165) is 6.42 Å². The Hall–Kier alpha value is -1.38. The number of aliphatic imine (C=N–C) groups is 1. The van der Waals surface area contributed by atoms with Gasteiger partial charge in [0.1, 0.15) is 6.04 Å². The molecule has 116 valence electrons. The molecule has 1 atom stereocenters. The summed E-state index contributed by atoms with van der Waals surface area (Å²) >= 11 is 0. The van der Waals surface area contributed by atoms with Gasteiger partial charge in [-0.05, 0) is 13.3 Å². The van der Waals surface area contributed by atoms with Gasteiger partial charge in [-0.1, -0.05) is 0 Å². The van der Waals surface area contributed by atoms with Gasteiger partial charge in [0.05, 0.1) is 13.2 Å². The molecule has 0 radical (unpaired) electrons. The second-order valence-corrected chi connectivity index (χ2v) is 4.52. The summed E-state index contributed by atoms with van der Waals surface area (Å²) in [4.78, 5) is 18.2. The number of ether oxygens (including phenoxy) is 2. The van der Waals surface area contributed by atoms with Crippen molar-refractivity contribution in [3.05, 3.63) is 0 Å². The van der Waals surface area contributed by atoms with Gasteiger partial charge in [0.15, 0.2) is 0 Å². The van der Waals surface area contributed by atoms with Crippen LogP contribution in [-0.4, -0.2) is 69.4 Å². The van der Waals surface area contributed by atoms with Gasteiger partial charge in [-0.25, -0.2) is 5.84 Å². The molecule has 0 aromatic heterocycles. The molecule has 4 N–H and O–H groups in total. The normalized spacial score (nSPS) is 17.8. The third-order valence-electron chi connectivity index (χ3n) is 2.96. The van der Waals surface area contributed by atoms with E-state index >= 15 is 0 Å². The molecule has 1 aliphatic heterocycles. The lowest BCUT2D eigenvalue weighted by atomic mass is 10.2. The molecule has 1 amide bonds. The maximum atomic E-state index is 12.2. The number of carbonyl (C=O) groups is 1. The van der Waals surface area contributed by atoms with E-state index in [1.54, 1.807) is 18.9 Å². The Kier molecular flexibility index (Phi) is 7.93. The lowest BCUT2D eigenvalue weighted by Crippen LogP contribution is -2.54. The van der Waals surface area contributed by atoms with Gasteiger partial charge in [-0.15, -0.1) is 0 Å². The van der Waals surface area contributed by atoms with Crippen LogP contribution in [0.4, 0.5) is 0 Å². The molecule has 0 spiro atoms. The number of hydrogen-bond acceptors (Lipinski definition) is 5. The number of amides is 1. The van der Waals surface area contributed by atoms with Gasteiger partial charge in [0.2, 0.25) is 11.9 Å². The predicted octanol–water partition coefficient (Wildman–Crippen LogP) is -1.32. The van der Waals surface area contributed by atoms with Crippen LogP contribution < -0.4 is 16.6 Å². The molecule has 1 unspecified atom stereocenters. The Morgan fingerprint density at radius 1 is 1.50 bits per heavy atom. The van der Waals surface area contributed by atoms with Gasteiger partial charge in [0.25, 0.3) is 0 Å². The highest BCUT2D eigenvalue weighted by molar-refractivity contribution is 5.88. The molecule has 0 aromatic rings. The van der Waals surface area contributed by atoms with Gasteiger partial charge in [-0.2, -0.15) is 0 Å². The Bertz CT molecular complexity index is 318. The van der Waals surface area contributed by atoms with E-state index in [0.29, 0.717) is 45.4 Å². The average Bonchev–Trinajstić information content (AvgIpc) is 2.50. The largest absolute Gasteiger partial charge is 0.385 e. The minimum absolute atomic E-state index is 0.0214. The smallest absolute Gasteiger partial charge is 0.245 e. The maximum Gasteiger partial charge on any atom is 0.245 e. The van der Waals surface area contributed by atoms with Crippen LogP contribution in [0.2, 0.25) is 0 Å². The second kappa shape index (κ2) is 9.51. The van der Waals surface area contributed by atoms with Crippen molar-refractivity contribution in [1.82, 2.24) is 15.6 Å². The van der Waals surface area contributed by atoms with E-state index in [4.69, 9.17) is 15.3 Å². The van der Waals surface area contributed by atoms with Crippen molar-refractivity contribution in [2.75, 3.05) is 46.6 Å². The fourth-order valence-corrected chi connectivity index (χ4v) is 1.86. The van der Waals surface area contributed by atoms with Crippen LogP contribution in [0, 0.1) is 0 Å². The number of morpholine rings is 1. The van der Waals surface area contributed by atoms with E-state index in [9.17, 15) is 4.79 Å². The van der Waals surface area contributed by atoms with Crippen LogP contribution in [0.15, 0.2) is 4.99 Å². The Morgan fingerprint density at radius 2 is 2.20 bits per heavy atom. The highest BCUT2D eigenvalue weighted by Gasteiger charge is 2.22. The fourth-order valence-electron chi connectivity index (χ4n) is 1.86. The number of nitrogens with one attached hydrogen (secondary N) is 2. The standard InChI is InChI=1S/C12H25N5O3/c1-10(11(18)17-5-8-20-9-6-17)15-12(16-13)14-4-3-7-19-2/h10H,3-9,13H2,1-2H3,(H2,14,15,16). The van der Waals surface area contributed by atoms with Gasteiger partial charge >= 0.3 is 0 Å². The summed E-state index contributed by atoms with van der Waals surface area (Å²) < 4.78 is 10.2. The van der Waals surface area contributed by atoms with E-state index < -0.39 is 0 Å². The first kappa shape index (κ1) is 16.7. The lowest BCUT2D eigenvalue weighted by Gasteiger charge is -2.29. The number of nitrogens with two attached hydrogens (primary N) is 1. The topological polar surface area (TPSA) is 101 Å². The molecule has 1 aliphatic rings. The zero-order chi connectivity index (χ0) is 14.8. The molecule has 0 aliphatic carbocycles. The number of methoxy groups -OCH3 is 1. The molecule has 0 aromatic carbocycles. The molecule has 1 heterocycles. The summed E-state index contributed by atoms with van der Waals surface area (Å²) in [7, 11) is 1.65. The Morgan fingerprint density at radius 3 is 2.80 bits per heavy atom. The minimum atomic E-state index is -0.384. The first-order valence-electron chi connectivity index (χ1n) is 6.82. The quantitative estimate of drug-likeness (QED) is 0.184. The number of hydrazine groups is 1.